The van der Waals surface area contributed by atoms with Gasteiger partial charge in [-0.2, -0.15) is 0 Å². The number of hydrogen-bond acceptors (Lipinski definition) is 2. The molecule has 0 aliphatic carbocycles. The van der Waals surface area contributed by atoms with Crippen LogP contribution in [0.2, 0.25) is 0 Å². The lowest BCUT2D eigenvalue weighted by Crippen LogP contribution is -1.87. The summed E-state index contributed by atoms with van der Waals surface area (Å²) in [5.74, 6) is 0.538. The summed E-state index contributed by atoms with van der Waals surface area (Å²) in [6.45, 7) is 7.71. The van der Waals surface area contributed by atoms with E-state index in [0.29, 0.717) is 5.92 Å². The van der Waals surface area contributed by atoms with E-state index in [1.807, 2.05) is 24.3 Å². The zero-order valence-electron chi connectivity index (χ0n) is 9.90. The van der Waals surface area contributed by atoms with E-state index in [0.717, 1.165) is 11.8 Å². The third-order valence-electron chi connectivity index (χ3n) is 1.74. The molecule has 1 aromatic rings. The Morgan fingerprint density at radius 2 is 1.47 bits per heavy atom. The van der Waals surface area contributed by atoms with Gasteiger partial charge in [0.15, 0.2) is 0 Å². The molecule has 0 aliphatic rings. The molecule has 1 rings (SSSR count). The van der Waals surface area contributed by atoms with Gasteiger partial charge in [-0.3, -0.25) is 4.79 Å². The van der Waals surface area contributed by atoms with Gasteiger partial charge in [0, 0.05) is 11.7 Å². The summed E-state index contributed by atoms with van der Waals surface area (Å²) in [6.07, 6.45) is 0.699. The van der Waals surface area contributed by atoms with Crippen molar-refractivity contribution in [1.29, 1.82) is 0 Å². The zero-order chi connectivity index (χ0) is 11.8. The maximum atomic E-state index is 10.3. The van der Waals surface area contributed by atoms with Crippen LogP contribution >= 0.6 is 0 Å². The largest absolute Gasteiger partial charge is 0.394 e. The quantitative estimate of drug-likeness (QED) is 0.758. The normalized spacial score (nSPS) is 9.80. The molecule has 15 heavy (non-hydrogen) atoms. The monoisotopic (exact) mass is 208 g/mol. The third kappa shape index (κ3) is 6.86. The summed E-state index contributed by atoms with van der Waals surface area (Å²) in [4.78, 5) is 10.3. The molecule has 0 spiro atoms. The zero-order valence-corrected chi connectivity index (χ0v) is 9.90. The minimum Gasteiger partial charge on any atom is -0.394 e. The molecule has 1 aromatic carbocycles. The summed E-state index contributed by atoms with van der Waals surface area (Å²) < 4.78 is 0. The maximum Gasteiger partial charge on any atom is 0.150 e. The van der Waals surface area contributed by atoms with Crippen LogP contribution in [0.1, 0.15) is 49.5 Å². The average molecular weight is 208 g/mol. The first-order valence-electron chi connectivity index (χ1n) is 5.20. The molecule has 0 saturated carbocycles. The Balaban J connectivity index is 0.000000423. The first kappa shape index (κ1) is 13.8. The first-order chi connectivity index (χ1) is 6.97. The maximum absolute atomic E-state index is 10.3. The van der Waals surface area contributed by atoms with Gasteiger partial charge in [-0.1, -0.05) is 38.1 Å². The Morgan fingerprint density at radius 1 is 1.07 bits per heavy atom. The van der Waals surface area contributed by atoms with E-state index in [1.165, 1.54) is 5.56 Å². The topological polar surface area (TPSA) is 37.3 Å². The third-order valence-corrected chi connectivity index (χ3v) is 1.74. The van der Waals surface area contributed by atoms with Crippen molar-refractivity contribution < 1.29 is 9.90 Å². The van der Waals surface area contributed by atoms with Gasteiger partial charge in [0.05, 0.1) is 0 Å². The van der Waals surface area contributed by atoms with Gasteiger partial charge in [-0.05, 0) is 25.3 Å². The van der Waals surface area contributed by atoms with Gasteiger partial charge in [-0.25, -0.2) is 0 Å². The molecule has 1 N–H and O–H groups in total. The van der Waals surface area contributed by atoms with Crippen LogP contribution in [-0.2, 0) is 0 Å². The number of aliphatic hydroxyl groups is 1. The highest BCUT2D eigenvalue weighted by Crippen LogP contribution is 2.13. The summed E-state index contributed by atoms with van der Waals surface area (Å²) in [7, 11) is 0. The molecule has 84 valence electrons. The highest BCUT2D eigenvalue weighted by atomic mass is 16.3. The van der Waals surface area contributed by atoms with Crippen molar-refractivity contribution in [2.75, 3.05) is 0 Å². The fourth-order valence-electron chi connectivity index (χ4n) is 0.959. The second kappa shape index (κ2) is 7.18. The first-order valence-corrected chi connectivity index (χ1v) is 5.20. The molecule has 0 bridgehead atoms. The van der Waals surface area contributed by atoms with Crippen LogP contribution in [0.4, 0.5) is 0 Å². The highest BCUT2D eigenvalue weighted by molar-refractivity contribution is 5.74. The summed E-state index contributed by atoms with van der Waals surface area (Å²) in [5.41, 5.74) is 2.02. The van der Waals surface area contributed by atoms with Gasteiger partial charge >= 0.3 is 0 Å². The fourth-order valence-corrected chi connectivity index (χ4v) is 0.959. The van der Waals surface area contributed by atoms with Crippen molar-refractivity contribution in [3.8, 4) is 0 Å². The number of benzene rings is 1. The summed E-state index contributed by atoms with van der Waals surface area (Å²) in [6, 6.07) is 7.69. The van der Waals surface area contributed by atoms with Crippen LogP contribution in [0.5, 0.6) is 0 Å². The second-order valence-corrected chi connectivity index (χ2v) is 4.03. The Labute approximate surface area is 91.9 Å². The number of aliphatic hydroxyl groups excluding tert-OH is 1. The van der Waals surface area contributed by atoms with Crippen LogP contribution in [0, 0.1) is 0 Å². The highest BCUT2D eigenvalue weighted by Gasteiger charge is 1.96. The number of carbonyl (C=O) groups is 1. The van der Waals surface area contributed by atoms with Crippen LogP contribution in [0.25, 0.3) is 0 Å². The van der Waals surface area contributed by atoms with Crippen molar-refractivity contribution in [1.82, 2.24) is 0 Å². The van der Waals surface area contributed by atoms with Crippen molar-refractivity contribution in [2.45, 2.75) is 39.7 Å². The molecule has 0 fully saturated rings. The molecule has 0 amide bonds. The Bertz CT molecular complexity index is 270. The van der Waals surface area contributed by atoms with Crippen LogP contribution in [0.15, 0.2) is 24.3 Å². The standard InChI is InChI=1S/C10H12O.C3H8O/c1-8(2)10-5-3-9(7-11)4-6-10;1-3(2)4/h3-8H,1-2H3;3-4H,1-2H3. The molecule has 0 heterocycles. The predicted octanol–water partition coefficient (Wildman–Crippen LogP) is 3.01. The predicted molar refractivity (Wildman–Crippen MR) is 63.3 cm³/mol. The smallest absolute Gasteiger partial charge is 0.150 e. The number of hydrogen-bond donors (Lipinski definition) is 1. The molecule has 0 saturated heterocycles. The minimum atomic E-state index is -0.167. The minimum absolute atomic E-state index is 0.167. The second-order valence-electron chi connectivity index (χ2n) is 4.03. The van der Waals surface area contributed by atoms with E-state index in [9.17, 15) is 4.79 Å². The molecule has 2 nitrogen and oxygen atoms in total. The van der Waals surface area contributed by atoms with Crippen molar-refractivity contribution >= 4 is 6.29 Å². The summed E-state index contributed by atoms with van der Waals surface area (Å²) in [5, 5.41) is 8.06. The molecule has 0 unspecified atom stereocenters. The Morgan fingerprint density at radius 3 is 1.73 bits per heavy atom. The van der Waals surface area contributed by atoms with E-state index in [-0.39, 0.29) is 6.10 Å². The van der Waals surface area contributed by atoms with E-state index in [1.54, 1.807) is 13.8 Å². The van der Waals surface area contributed by atoms with Gasteiger partial charge in [0.2, 0.25) is 0 Å². The van der Waals surface area contributed by atoms with E-state index in [2.05, 4.69) is 13.8 Å². The Hall–Kier alpha value is -1.15. The SMILES string of the molecule is CC(C)O.CC(C)c1ccc(C=O)cc1. The molecule has 0 radical (unpaired) electrons. The van der Waals surface area contributed by atoms with Crippen molar-refractivity contribution in [2.24, 2.45) is 0 Å². The molecule has 0 atom stereocenters. The van der Waals surface area contributed by atoms with Gasteiger partial charge in [0.25, 0.3) is 0 Å². The molecular weight excluding hydrogens is 188 g/mol. The number of aldehydes is 1. The van der Waals surface area contributed by atoms with Crippen molar-refractivity contribution in [3.05, 3.63) is 35.4 Å². The van der Waals surface area contributed by atoms with Crippen LogP contribution < -0.4 is 0 Å². The molecular formula is C13H20O2. The van der Waals surface area contributed by atoms with E-state index >= 15 is 0 Å². The number of rotatable bonds is 2. The molecule has 0 aliphatic heterocycles. The van der Waals surface area contributed by atoms with Gasteiger partial charge in [-0.15, -0.1) is 0 Å². The summed E-state index contributed by atoms with van der Waals surface area (Å²) >= 11 is 0. The van der Waals surface area contributed by atoms with Crippen LogP contribution in [-0.4, -0.2) is 17.5 Å². The average Bonchev–Trinajstić information content (AvgIpc) is 2.17. The fraction of sp³-hybridized carbons (Fsp3) is 0.462. The Kier molecular flexibility index (Phi) is 6.63. The molecule has 0 aromatic heterocycles. The lowest BCUT2D eigenvalue weighted by molar-refractivity contribution is 0.112. The number of carbonyl (C=O) groups excluding carboxylic acids is 1. The lowest BCUT2D eigenvalue weighted by Gasteiger charge is -2.03. The van der Waals surface area contributed by atoms with Gasteiger partial charge < -0.3 is 5.11 Å². The van der Waals surface area contributed by atoms with Crippen molar-refractivity contribution in [3.63, 3.8) is 0 Å². The van der Waals surface area contributed by atoms with E-state index in [4.69, 9.17) is 5.11 Å². The van der Waals surface area contributed by atoms with Crippen LogP contribution in [0.3, 0.4) is 0 Å². The lowest BCUT2D eigenvalue weighted by atomic mass is 10.0. The van der Waals surface area contributed by atoms with Gasteiger partial charge in [0.1, 0.15) is 6.29 Å². The van der Waals surface area contributed by atoms with E-state index < -0.39 is 0 Å². The molecule has 2 heteroatoms.